The Labute approximate surface area is 129 Å². The van der Waals surface area contributed by atoms with Crippen molar-refractivity contribution in [1.82, 2.24) is 0 Å². The summed E-state index contributed by atoms with van der Waals surface area (Å²) in [6.07, 6.45) is 0. The standard InChI is InChI=1S/C13H12ClNO3S2/c1-7-11(6-12(14)19-7)20-15-8-3-4-9(10(16)5-8)13(17)18-2/h3-6,15-16H,1-2H3. The molecule has 2 N–H and O–H groups in total. The topological polar surface area (TPSA) is 58.6 Å². The summed E-state index contributed by atoms with van der Waals surface area (Å²) in [5.74, 6) is -0.690. The molecule has 1 aromatic heterocycles. The summed E-state index contributed by atoms with van der Waals surface area (Å²) in [4.78, 5) is 13.5. The van der Waals surface area contributed by atoms with Crippen LogP contribution >= 0.6 is 34.9 Å². The van der Waals surface area contributed by atoms with E-state index in [1.54, 1.807) is 6.07 Å². The van der Waals surface area contributed by atoms with Gasteiger partial charge in [0.25, 0.3) is 0 Å². The second-order valence-corrected chi connectivity index (χ2v) is 6.63. The fourth-order valence-electron chi connectivity index (χ4n) is 1.52. The maximum Gasteiger partial charge on any atom is 0.341 e. The van der Waals surface area contributed by atoms with Crippen molar-refractivity contribution in [3.63, 3.8) is 0 Å². The average Bonchev–Trinajstić information content (AvgIpc) is 2.74. The van der Waals surface area contributed by atoms with Crippen molar-refractivity contribution in [1.29, 1.82) is 0 Å². The van der Waals surface area contributed by atoms with E-state index < -0.39 is 5.97 Å². The van der Waals surface area contributed by atoms with Gasteiger partial charge in [0.05, 0.1) is 11.4 Å². The van der Waals surface area contributed by atoms with Gasteiger partial charge in [-0.2, -0.15) is 0 Å². The number of carbonyl (C=O) groups is 1. The first kappa shape index (κ1) is 15.0. The molecule has 0 saturated heterocycles. The Bertz CT molecular complexity index is 643. The van der Waals surface area contributed by atoms with Gasteiger partial charge in [-0.1, -0.05) is 11.6 Å². The molecule has 1 heterocycles. The van der Waals surface area contributed by atoms with Crippen LogP contribution in [0, 0.1) is 6.92 Å². The highest BCUT2D eigenvalue weighted by atomic mass is 35.5. The van der Waals surface area contributed by atoms with E-state index in [2.05, 4.69) is 9.46 Å². The molecular formula is C13H12ClNO3S2. The van der Waals surface area contributed by atoms with Crippen molar-refractivity contribution in [2.45, 2.75) is 11.8 Å². The van der Waals surface area contributed by atoms with E-state index in [1.807, 2.05) is 13.0 Å². The van der Waals surface area contributed by atoms with Crippen LogP contribution in [-0.4, -0.2) is 18.2 Å². The fourth-order valence-corrected chi connectivity index (χ4v) is 3.67. The Hall–Kier alpha value is -1.37. The van der Waals surface area contributed by atoms with Crippen molar-refractivity contribution in [3.8, 4) is 5.75 Å². The van der Waals surface area contributed by atoms with Crippen LogP contribution < -0.4 is 4.72 Å². The van der Waals surface area contributed by atoms with Crippen LogP contribution in [0.15, 0.2) is 29.2 Å². The van der Waals surface area contributed by atoms with Gasteiger partial charge < -0.3 is 14.6 Å². The molecule has 7 heteroatoms. The molecular weight excluding hydrogens is 318 g/mol. The maximum atomic E-state index is 11.4. The molecule has 2 aromatic rings. The first-order chi connectivity index (χ1) is 9.51. The zero-order chi connectivity index (χ0) is 14.7. The zero-order valence-electron chi connectivity index (χ0n) is 10.8. The minimum atomic E-state index is -0.567. The number of anilines is 1. The van der Waals surface area contributed by atoms with E-state index >= 15 is 0 Å². The molecule has 0 atom stereocenters. The zero-order valence-corrected chi connectivity index (χ0v) is 13.2. The Morgan fingerprint density at radius 1 is 1.45 bits per heavy atom. The number of methoxy groups -OCH3 is 1. The number of nitrogens with one attached hydrogen (secondary N) is 1. The molecule has 2 rings (SSSR count). The van der Waals surface area contributed by atoms with Gasteiger partial charge in [0, 0.05) is 21.5 Å². The summed E-state index contributed by atoms with van der Waals surface area (Å²) < 4.78 is 8.39. The third-order valence-electron chi connectivity index (χ3n) is 2.52. The lowest BCUT2D eigenvalue weighted by Crippen LogP contribution is -2.01. The van der Waals surface area contributed by atoms with Gasteiger partial charge in [-0.15, -0.1) is 11.3 Å². The molecule has 0 fully saturated rings. The SMILES string of the molecule is COC(=O)c1ccc(NSc2cc(Cl)sc2C)cc1O. The van der Waals surface area contributed by atoms with E-state index in [-0.39, 0.29) is 11.3 Å². The first-order valence-corrected chi connectivity index (χ1v) is 7.62. The highest BCUT2D eigenvalue weighted by Crippen LogP contribution is 2.34. The van der Waals surface area contributed by atoms with Crippen molar-refractivity contribution >= 4 is 46.5 Å². The number of carbonyl (C=O) groups excluding carboxylic acids is 1. The van der Waals surface area contributed by atoms with E-state index in [9.17, 15) is 9.90 Å². The number of halogens is 1. The van der Waals surface area contributed by atoms with Crippen molar-refractivity contribution in [2.24, 2.45) is 0 Å². The van der Waals surface area contributed by atoms with Gasteiger partial charge in [-0.3, -0.25) is 0 Å². The number of phenolic OH excluding ortho intramolecular Hbond substituents is 1. The molecule has 106 valence electrons. The number of phenols is 1. The average molecular weight is 330 g/mol. The first-order valence-electron chi connectivity index (χ1n) is 5.61. The Morgan fingerprint density at radius 2 is 2.20 bits per heavy atom. The third-order valence-corrected chi connectivity index (χ3v) is 4.81. The third kappa shape index (κ3) is 3.39. The molecule has 0 saturated carbocycles. The van der Waals surface area contributed by atoms with Gasteiger partial charge in [0.2, 0.25) is 0 Å². The van der Waals surface area contributed by atoms with Crippen LogP contribution in [-0.2, 0) is 4.74 Å². The number of thiophene rings is 1. The normalized spacial score (nSPS) is 10.3. The molecule has 1 aromatic carbocycles. The minimum absolute atomic E-state index is 0.123. The van der Waals surface area contributed by atoms with Gasteiger partial charge in [-0.25, -0.2) is 4.79 Å². The number of ether oxygens (including phenoxy) is 1. The molecule has 0 amide bonds. The maximum absolute atomic E-state index is 11.4. The van der Waals surface area contributed by atoms with Crippen molar-refractivity contribution < 1.29 is 14.6 Å². The number of rotatable bonds is 4. The largest absolute Gasteiger partial charge is 0.507 e. The van der Waals surface area contributed by atoms with E-state index in [1.165, 1.54) is 42.5 Å². The van der Waals surface area contributed by atoms with Crippen LogP contribution in [0.3, 0.4) is 0 Å². The molecule has 0 bridgehead atoms. The summed E-state index contributed by atoms with van der Waals surface area (Å²) in [5.41, 5.74) is 0.819. The van der Waals surface area contributed by atoms with E-state index in [0.29, 0.717) is 5.69 Å². The minimum Gasteiger partial charge on any atom is -0.507 e. The molecule has 0 spiro atoms. The second-order valence-electron chi connectivity index (χ2n) is 3.90. The van der Waals surface area contributed by atoms with Crippen LogP contribution in [0.1, 0.15) is 15.2 Å². The van der Waals surface area contributed by atoms with E-state index in [4.69, 9.17) is 11.6 Å². The number of aromatic hydroxyl groups is 1. The van der Waals surface area contributed by atoms with Gasteiger partial charge >= 0.3 is 5.97 Å². The molecule has 0 aliphatic carbocycles. The number of aryl methyl sites for hydroxylation is 1. The summed E-state index contributed by atoms with van der Waals surface area (Å²) in [7, 11) is 1.27. The van der Waals surface area contributed by atoms with Crippen LogP contribution in [0.4, 0.5) is 5.69 Å². The lowest BCUT2D eigenvalue weighted by Gasteiger charge is -2.07. The smallest absolute Gasteiger partial charge is 0.341 e. The number of hydrogen-bond acceptors (Lipinski definition) is 6. The molecule has 0 aliphatic rings. The van der Waals surface area contributed by atoms with E-state index in [0.717, 1.165) is 14.1 Å². The molecule has 0 aliphatic heterocycles. The number of esters is 1. The summed E-state index contributed by atoms with van der Waals surface area (Å²) >= 11 is 8.84. The number of benzene rings is 1. The van der Waals surface area contributed by atoms with Crippen LogP contribution in [0.2, 0.25) is 4.34 Å². The van der Waals surface area contributed by atoms with Crippen LogP contribution in [0.5, 0.6) is 5.75 Å². The summed E-state index contributed by atoms with van der Waals surface area (Å²) in [6.45, 7) is 1.98. The molecule has 0 unspecified atom stereocenters. The second kappa shape index (κ2) is 6.39. The highest BCUT2D eigenvalue weighted by Gasteiger charge is 2.12. The quantitative estimate of drug-likeness (QED) is 0.646. The predicted octanol–water partition coefficient (Wildman–Crippen LogP) is 4.32. The summed E-state index contributed by atoms with van der Waals surface area (Å²) in [5, 5.41) is 9.78. The molecule has 20 heavy (non-hydrogen) atoms. The fraction of sp³-hybridized carbons (Fsp3) is 0.154. The summed E-state index contributed by atoms with van der Waals surface area (Å²) in [6, 6.07) is 6.56. The molecule has 0 radical (unpaired) electrons. The Kier molecular flexibility index (Phi) is 4.80. The Morgan fingerprint density at radius 3 is 2.75 bits per heavy atom. The number of hydrogen-bond donors (Lipinski definition) is 2. The van der Waals surface area contributed by atoms with Gasteiger partial charge in [0.1, 0.15) is 11.3 Å². The highest BCUT2D eigenvalue weighted by molar-refractivity contribution is 8.00. The molecule has 4 nitrogen and oxygen atoms in total. The lowest BCUT2D eigenvalue weighted by atomic mass is 10.2. The van der Waals surface area contributed by atoms with Gasteiger partial charge in [0.15, 0.2) is 0 Å². The monoisotopic (exact) mass is 329 g/mol. The van der Waals surface area contributed by atoms with Crippen molar-refractivity contribution in [2.75, 3.05) is 11.8 Å². The predicted molar refractivity (Wildman–Crippen MR) is 83.0 cm³/mol. The van der Waals surface area contributed by atoms with Gasteiger partial charge in [-0.05, 0) is 37.1 Å². The van der Waals surface area contributed by atoms with Crippen molar-refractivity contribution in [3.05, 3.63) is 39.0 Å². The Balaban J connectivity index is 2.09. The lowest BCUT2D eigenvalue weighted by molar-refractivity contribution is 0.0597. The van der Waals surface area contributed by atoms with Crippen LogP contribution in [0.25, 0.3) is 0 Å².